The third-order valence-electron chi connectivity index (χ3n) is 7.20. The summed E-state index contributed by atoms with van der Waals surface area (Å²) in [6.07, 6.45) is -0.0931. The van der Waals surface area contributed by atoms with Crippen LogP contribution in [0.1, 0.15) is 43.2 Å². The number of ether oxygens (including phenoxy) is 5. The molecule has 1 saturated heterocycles. The van der Waals surface area contributed by atoms with E-state index in [1.54, 1.807) is 7.11 Å². The molecule has 2 aromatic carbocycles. The predicted octanol–water partition coefficient (Wildman–Crippen LogP) is 3.35. The summed E-state index contributed by atoms with van der Waals surface area (Å²) < 4.78 is 30.6. The summed E-state index contributed by atoms with van der Waals surface area (Å²) >= 11 is 0. The fraction of sp³-hybridized carbons (Fsp3) is 0.556. The zero-order chi connectivity index (χ0) is 23.5. The first kappa shape index (κ1) is 23.7. The second kappa shape index (κ2) is 10.3. The Hall–Kier alpha value is -2.00. The number of rotatable bonds is 7. The maximum Gasteiger partial charge on any atom is 0.169 e. The molecule has 0 bridgehead atoms. The lowest BCUT2D eigenvalue weighted by atomic mass is 9.84. The molecule has 3 fully saturated rings. The number of hydrogen-bond donors (Lipinski definition) is 2. The number of aliphatic hydroxyl groups excluding tert-OH is 2. The van der Waals surface area contributed by atoms with Gasteiger partial charge in [0, 0.05) is 12.8 Å². The molecule has 6 atom stereocenters. The zero-order valence-corrected chi connectivity index (χ0v) is 19.5. The first-order valence-corrected chi connectivity index (χ1v) is 12.2. The van der Waals surface area contributed by atoms with Crippen LogP contribution in [0.2, 0.25) is 0 Å². The summed E-state index contributed by atoms with van der Waals surface area (Å²) in [4.78, 5) is 0. The summed E-state index contributed by atoms with van der Waals surface area (Å²) in [6, 6.07) is 17.4. The largest absolute Gasteiger partial charge is 0.497 e. The Bertz CT molecular complexity index is 912. The Balaban J connectivity index is 1.37. The normalized spacial score (nSPS) is 32.4. The van der Waals surface area contributed by atoms with Crippen molar-refractivity contribution >= 4 is 0 Å². The molecule has 2 N–H and O–H groups in total. The summed E-state index contributed by atoms with van der Waals surface area (Å²) in [5.74, 6) is 0.0560. The summed E-state index contributed by atoms with van der Waals surface area (Å²) in [7, 11) is 1.63. The minimum Gasteiger partial charge on any atom is -0.497 e. The molecule has 184 valence electrons. The number of hydrogen-bond acceptors (Lipinski definition) is 7. The maximum absolute atomic E-state index is 11.1. The van der Waals surface area contributed by atoms with Crippen molar-refractivity contribution in [3.05, 3.63) is 65.7 Å². The third-order valence-corrected chi connectivity index (χ3v) is 7.20. The van der Waals surface area contributed by atoms with Crippen LogP contribution in [-0.4, -0.2) is 59.7 Å². The Morgan fingerprint density at radius 3 is 2.06 bits per heavy atom. The van der Waals surface area contributed by atoms with E-state index in [1.807, 2.05) is 54.6 Å². The zero-order valence-electron chi connectivity index (χ0n) is 19.5. The van der Waals surface area contributed by atoms with Crippen LogP contribution in [0.15, 0.2) is 54.6 Å². The highest BCUT2D eigenvalue weighted by molar-refractivity contribution is 5.26. The highest BCUT2D eigenvalue weighted by Gasteiger charge is 2.60. The first-order chi connectivity index (χ1) is 16.6. The highest BCUT2D eigenvalue weighted by Crippen LogP contribution is 2.46. The van der Waals surface area contributed by atoms with Crippen molar-refractivity contribution in [2.75, 3.05) is 7.11 Å². The van der Waals surface area contributed by atoms with E-state index in [-0.39, 0.29) is 0 Å². The van der Waals surface area contributed by atoms with Crippen molar-refractivity contribution in [2.45, 2.75) is 87.7 Å². The average Bonchev–Trinajstić information content (AvgIpc) is 3.24. The molecule has 2 aliphatic carbocycles. The highest BCUT2D eigenvalue weighted by atomic mass is 16.8. The van der Waals surface area contributed by atoms with Gasteiger partial charge >= 0.3 is 0 Å². The second-order valence-corrected chi connectivity index (χ2v) is 9.50. The number of benzene rings is 2. The minimum atomic E-state index is -1.16. The molecule has 7 nitrogen and oxygen atoms in total. The van der Waals surface area contributed by atoms with E-state index in [9.17, 15) is 10.2 Å². The van der Waals surface area contributed by atoms with Crippen molar-refractivity contribution in [3.63, 3.8) is 0 Å². The maximum atomic E-state index is 11.1. The molecule has 6 unspecified atom stereocenters. The summed E-state index contributed by atoms with van der Waals surface area (Å²) in [5.41, 5.74) is 1.94. The molecule has 7 heteroatoms. The monoisotopic (exact) mass is 470 g/mol. The van der Waals surface area contributed by atoms with Gasteiger partial charge in [0.15, 0.2) is 5.79 Å². The molecule has 2 aromatic rings. The van der Waals surface area contributed by atoms with Gasteiger partial charge in [0.1, 0.15) is 42.4 Å². The fourth-order valence-electron chi connectivity index (χ4n) is 5.34. The summed E-state index contributed by atoms with van der Waals surface area (Å²) in [5, 5.41) is 22.1. The van der Waals surface area contributed by atoms with E-state index >= 15 is 0 Å². The van der Waals surface area contributed by atoms with E-state index in [4.69, 9.17) is 23.7 Å². The van der Waals surface area contributed by atoms with Gasteiger partial charge < -0.3 is 33.9 Å². The molecule has 0 aromatic heterocycles. The lowest BCUT2D eigenvalue weighted by Crippen LogP contribution is -2.64. The Labute approximate surface area is 200 Å². The Morgan fingerprint density at radius 1 is 0.765 bits per heavy atom. The topological polar surface area (TPSA) is 86.6 Å². The molecule has 1 spiro atoms. The Morgan fingerprint density at radius 2 is 1.38 bits per heavy atom. The van der Waals surface area contributed by atoms with Crippen LogP contribution in [0.5, 0.6) is 5.75 Å². The molecule has 5 rings (SSSR count). The van der Waals surface area contributed by atoms with Crippen LogP contribution in [-0.2, 0) is 32.2 Å². The first-order valence-electron chi connectivity index (χ1n) is 12.2. The summed E-state index contributed by atoms with van der Waals surface area (Å²) in [6.45, 7) is 0.601. The molecule has 1 aliphatic heterocycles. The molecule has 3 aliphatic rings. The van der Waals surface area contributed by atoms with Gasteiger partial charge in [-0.05, 0) is 36.1 Å². The van der Waals surface area contributed by atoms with Gasteiger partial charge in [-0.1, -0.05) is 48.9 Å². The van der Waals surface area contributed by atoms with Crippen molar-refractivity contribution in [1.82, 2.24) is 0 Å². The van der Waals surface area contributed by atoms with Gasteiger partial charge in [0.05, 0.1) is 20.3 Å². The molecule has 1 heterocycles. The lowest BCUT2D eigenvalue weighted by Gasteiger charge is -2.43. The molecule has 2 saturated carbocycles. The number of aliphatic hydroxyl groups is 2. The van der Waals surface area contributed by atoms with Gasteiger partial charge in [0.2, 0.25) is 0 Å². The van der Waals surface area contributed by atoms with Gasteiger partial charge in [0.25, 0.3) is 0 Å². The van der Waals surface area contributed by atoms with Crippen LogP contribution in [0.3, 0.4) is 0 Å². The standard InChI is InChI=1S/C27H34O7/c1-30-20-12-10-19(11-13-20)17-32-25-23(31-16-18-8-4-2-5-9-18)21(28)22(29)24-26(25)34-27(33-24)14-6-3-7-15-27/h2,4-5,8-13,21-26,28-29H,3,6-7,14-17H2,1H3. The second-order valence-electron chi connectivity index (χ2n) is 9.50. The van der Waals surface area contributed by atoms with Crippen molar-refractivity contribution in [3.8, 4) is 5.75 Å². The van der Waals surface area contributed by atoms with Gasteiger partial charge in [-0.2, -0.15) is 0 Å². The lowest BCUT2D eigenvalue weighted by molar-refractivity contribution is -0.228. The molecule has 0 amide bonds. The van der Waals surface area contributed by atoms with Crippen LogP contribution in [0.25, 0.3) is 0 Å². The van der Waals surface area contributed by atoms with Gasteiger partial charge in [-0.3, -0.25) is 0 Å². The van der Waals surface area contributed by atoms with Crippen LogP contribution >= 0.6 is 0 Å². The van der Waals surface area contributed by atoms with E-state index in [2.05, 4.69) is 0 Å². The Kier molecular flexibility index (Phi) is 7.20. The number of fused-ring (bicyclic) bond motifs is 1. The predicted molar refractivity (Wildman–Crippen MR) is 124 cm³/mol. The SMILES string of the molecule is COc1ccc(COC2C(OCc3ccccc3)C(O)C(O)C3OC4(CCCCC4)OC32)cc1. The fourth-order valence-corrected chi connectivity index (χ4v) is 5.34. The van der Waals surface area contributed by atoms with E-state index < -0.39 is 42.4 Å². The van der Waals surface area contributed by atoms with Crippen LogP contribution in [0, 0.1) is 0 Å². The minimum absolute atomic E-state index is 0.293. The van der Waals surface area contributed by atoms with Crippen molar-refractivity contribution < 1.29 is 33.9 Å². The van der Waals surface area contributed by atoms with Gasteiger partial charge in [-0.15, -0.1) is 0 Å². The number of methoxy groups -OCH3 is 1. The van der Waals surface area contributed by atoms with Crippen LogP contribution in [0.4, 0.5) is 0 Å². The average molecular weight is 471 g/mol. The van der Waals surface area contributed by atoms with Crippen molar-refractivity contribution in [2.24, 2.45) is 0 Å². The van der Waals surface area contributed by atoms with E-state index in [0.717, 1.165) is 49.0 Å². The molecular formula is C27H34O7. The van der Waals surface area contributed by atoms with Gasteiger partial charge in [-0.25, -0.2) is 0 Å². The van der Waals surface area contributed by atoms with E-state index in [0.29, 0.717) is 13.2 Å². The molecule has 0 radical (unpaired) electrons. The smallest absolute Gasteiger partial charge is 0.169 e. The van der Waals surface area contributed by atoms with E-state index in [1.165, 1.54) is 0 Å². The van der Waals surface area contributed by atoms with Crippen molar-refractivity contribution in [1.29, 1.82) is 0 Å². The van der Waals surface area contributed by atoms with Crippen LogP contribution < -0.4 is 4.74 Å². The quantitative estimate of drug-likeness (QED) is 0.642. The third kappa shape index (κ3) is 4.87. The molecular weight excluding hydrogens is 436 g/mol. The molecule has 34 heavy (non-hydrogen) atoms.